The van der Waals surface area contributed by atoms with E-state index in [2.05, 4.69) is 34.7 Å². The Hall–Kier alpha value is -6.01. The number of piperazine rings is 1. The predicted molar refractivity (Wildman–Crippen MR) is 242 cm³/mol. The van der Waals surface area contributed by atoms with Crippen molar-refractivity contribution >= 4 is 46.7 Å². The molecule has 16 nitrogen and oxygen atoms in total. The zero-order valence-corrected chi connectivity index (χ0v) is 37.7. The van der Waals surface area contributed by atoms with Gasteiger partial charge in [0.2, 0.25) is 17.7 Å². The van der Waals surface area contributed by atoms with E-state index >= 15 is 0 Å². The molecule has 1 atom stereocenters. The van der Waals surface area contributed by atoms with E-state index in [0.29, 0.717) is 67.1 Å². The van der Waals surface area contributed by atoms with Crippen LogP contribution in [0.15, 0.2) is 42.7 Å². The quantitative estimate of drug-likeness (QED) is 0.163. The third kappa shape index (κ3) is 8.15. The molecule has 0 radical (unpaired) electrons. The molecular weight excluding hydrogens is 849 g/mol. The lowest BCUT2D eigenvalue weighted by molar-refractivity contribution is -0.136. The Morgan fingerprint density at radius 1 is 0.848 bits per heavy atom. The van der Waals surface area contributed by atoms with Gasteiger partial charge in [-0.1, -0.05) is 6.07 Å². The number of halogens is 2. The van der Waals surface area contributed by atoms with E-state index in [9.17, 15) is 32.8 Å². The summed E-state index contributed by atoms with van der Waals surface area (Å²) in [6, 6.07) is 8.08. The highest BCUT2D eigenvalue weighted by atomic mass is 19.3. The number of piperidine rings is 2. The molecule has 3 fully saturated rings. The number of aromatic nitrogens is 4. The number of benzene rings is 2. The number of carbonyl (C=O) groups is 5. The number of hydrogen-bond acceptors (Lipinski definition) is 11. The first-order chi connectivity index (χ1) is 31.9. The fraction of sp³-hybridized carbons (Fsp3) is 0.521. The largest absolute Gasteiger partial charge is 0.368 e. The van der Waals surface area contributed by atoms with Crippen LogP contribution in [-0.4, -0.2) is 140 Å². The Kier molecular flexibility index (Phi) is 12.0. The first kappa shape index (κ1) is 43.9. The molecule has 0 saturated carbocycles. The number of imide groups is 2. The van der Waals surface area contributed by atoms with Crippen molar-refractivity contribution in [1.82, 2.24) is 44.5 Å². The Bertz CT molecular complexity index is 2580. The van der Waals surface area contributed by atoms with Crippen molar-refractivity contribution in [3.63, 3.8) is 0 Å². The topological polar surface area (TPSA) is 152 Å². The minimum atomic E-state index is -2.66. The first-order valence-electron chi connectivity index (χ1n) is 23.5. The monoisotopic (exact) mass is 905 g/mol. The van der Waals surface area contributed by atoms with Gasteiger partial charge in [0, 0.05) is 113 Å². The zero-order valence-electron chi connectivity index (χ0n) is 37.7. The van der Waals surface area contributed by atoms with Gasteiger partial charge in [0.25, 0.3) is 18.2 Å². The van der Waals surface area contributed by atoms with E-state index in [-0.39, 0.29) is 30.4 Å². The molecule has 18 heteroatoms. The second-order valence-electron chi connectivity index (χ2n) is 18.7. The normalized spacial score (nSPS) is 20.9. The average Bonchev–Trinajstić information content (AvgIpc) is 4.00. The van der Waals surface area contributed by atoms with Gasteiger partial charge in [0.05, 0.1) is 35.6 Å². The standard InChI is InChI=1S/C48H57F2N11O5/c1-30(62)58-20-14-38-37(29-58)45(59-17-6-7-31-25-35(32-27-51-54(2)28-32)36(44(49)50)26-41(31)59)53-61(38)33-12-18-55(19-13-33)15-3-4-16-56-21-23-57(24-22-56)39-9-5-8-34-43(39)48(66)60(47(34)65)40-10-11-42(63)52-46(40)64/h5,8-9,25-28,33,40,44H,3-4,6-7,10-24,29H2,1-2H3,(H,52,63,64). The summed E-state index contributed by atoms with van der Waals surface area (Å²) in [5, 5.41) is 11.8. The van der Waals surface area contributed by atoms with Crippen LogP contribution in [0.25, 0.3) is 11.1 Å². The first-order valence-corrected chi connectivity index (χ1v) is 23.5. The summed E-state index contributed by atoms with van der Waals surface area (Å²) in [6.45, 7) is 10.3. The number of carbonyl (C=O) groups excluding carboxylic acids is 5. The molecule has 6 aliphatic rings. The smallest absolute Gasteiger partial charge is 0.264 e. The number of hydrogen-bond donors (Lipinski definition) is 1. The number of anilines is 3. The second kappa shape index (κ2) is 18.0. The molecule has 348 valence electrons. The van der Waals surface area contributed by atoms with Crippen LogP contribution in [0.2, 0.25) is 0 Å². The zero-order chi connectivity index (χ0) is 45.8. The SMILES string of the molecule is CC(=O)N1CCc2c(c(N3CCCc4cc(-c5cnn(C)c5)c(C(F)F)cc43)nn2C2CCN(CCCCN3CCN(c4cccc5c4C(=O)N(C4CCC(=O)NC4=O)C5=O)CC3)CC2)C1. The highest BCUT2D eigenvalue weighted by Crippen LogP contribution is 2.44. The maximum absolute atomic E-state index is 14.7. The minimum absolute atomic E-state index is 0.0168. The Morgan fingerprint density at radius 3 is 2.30 bits per heavy atom. The summed E-state index contributed by atoms with van der Waals surface area (Å²) < 4.78 is 33.3. The molecule has 8 heterocycles. The highest BCUT2D eigenvalue weighted by molar-refractivity contribution is 6.25. The molecule has 2 aromatic carbocycles. The van der Waals surface area contributed by atoms with Gasteiger partial charge in [0.15, 0.2) is 5.82 Å². The van der Waals surface area contributed by atoms with Crippen LogP contribution in [0.1, 0.15) is 107 Å². The van der Waals surface area contributed by atoms with Gasteiger partial charge in [-0.15, -0.1) is 0 Å². The molecule has 6 aliphatic heterocycles. The molecule has 0 aliphatic carbocycles. The van der Waals surface area contributed by atoms with Crippen LogP contribution in [0.3, 0.4) is 0 Å². The van der Waals surface area contributed by atoms with Crippen LogP contribution in [0.4, 0.5) is 26.0 Å². The summed E-state index contributed by atoms with van der Waals surface area (Å²) in [4.78, 5) is 76.2. The third-order valence-corrected chi connectivity index (χ3v) is 14.6. The summed E-state index contributed by atoms with van der Waals surface area (Å²) in [5.74, 6) is -1.18. The molecule has 3 saturated heterocycles. The fourth-order valence-corrected chi connectivity index (χ4v) is 11.1. The maximum atomic E-state index is 14.7. The van der Waals surface area contributed by atoms with E-state index in [1.165, 1.54) is 0 Å². The van der Waals surface area contributed by atoms with E-state index in [4.69, 9.17) is 5.10 Å². The molecule has 4 aromatic rings. The number of likely N-dealkylation sites (tertiary alicyclic amines) is 1. The third-order valence-electron chi connectivity index (χ3n) is 14.6. The van der Waals surface area contributed by atoms with Crippen molar-refractivity contribution in [2.75, 3.05) is 75.2 Å². The van der Waals surface area contributed by atoms with E-state index in [1.54, 1.807) is 49.2 Å². The number of rotatable bonds is 11. The van der Waals surface area contributed by atoms with Crippen LogP contribution >= 0.6 is 0 Å². The van der Waals surface area contributed by atoms with Crippen molar-refractivity contribution in [3.8, 4) is 11.1 Å². The minimum Gasteiger partial charge on any atom is -0.368 e. The fourth-order valence-electron chi connectivity index (χ4n) is 11.1. The van der Waals surface area contributed by atoms with Gasteiger partial charge in [-0.05, 0) is 93.4 Å². The molecule has 5 amide bonds. The van der Waals surface area contributed by atoms with E-state index < -0.39 is 36.1 Å². The lowest BCUT2D eigenvalue weighted by Gasteiger charge is -2.37. The second-order valence-corrected chi connectivity index (χ2v) is 18.7. The Balaban J connectivity index is 0.747. The molecule has 0 spiro atoms. The van der Waals surface area contributed by atoms with Crippen molar-refractivity contribution in [2.24, 2.45) is 7.05 Å². The van der Waals surface area contributed by atoms with Crippen molar-refractivity contribution < 1.29 is 32.8 Å². The Labute approximate surface area is 382 Å². The number of aryl methyl sites for hydroxylation is 2. The van der Waals surface area contributed by atoms with Crippen LogP contribution in [0, 0.1) is 0 Å². The van der Waals surface area contributed by atoms with Gasteiger partial charge in [0.1, 0.15) is 6.04 Å². The number of unbranched alkanes of at least 4 members (excludes halogenated alkanes) is 1. The lowest BCUT2D eigenvalue weighted by atomic mass is 9.92. The van der Waals surface area contributed by atoms with Gasteiger partial charge in [-0.3, -0.25) is 48.5 Å². The molecule has 10 rings (SSSR count). The number of nitrogens with zero attached hydrogens (tertiary/aromatic N) is 10. The Morgan fingerprint density at radius 2 is 1.61 bits per heavy atom. The summed E-state index contributed by atoms with van der Waals surface area (Å²) in [6.07, 6.45) is 7.33. The number of amides is 5. The van der Waals surface area contributed by atoms with Crippen LogP contribution < -0.4 is 15.1 Å². The summed E-state index contributed by atoms with van der Waals surface area (Å²) >= 11 is 0. The highest BCUT2D eigenvalue weighted by Gasteiger charge is 2.46. The molecular formula is C48H57F2N11O5. The summed E-state index contributed by atoms with van der Waals surface area (Å²) in [7, 11) is 1.78. The van der Waals surface area contributed by atoms with Gasteiger partial charge >= 0.3 is 0 Å². The van der Waals surface area contributed by atoms with Gasteiger partial charge in [-0.2, -0.15) is 10.2 Å². The van der Waals surface area contributed by atoms with E-state index in [0.717, 1.165) is 111 Å². The number of fused-ring (bicyclic) bond motifs is 3. The predicted octanol–water partition coefficient (Wildman–Crippen LogP) is 4.85. The van der Waals surface area contributed by atoms with Gasteiger partial charge in [-0.25, -0.2) is 8.78 Å². The average molecular weight is 906 g/mol. The molecule has 1 N–H and O–H groups in total. The number of alkyl halides is 2. The van der Waals surface area contributed by atoms with E-state index in [1.807, 2.05) is 17.0 Å². The van der Waals surface area contributed by atoms with Crippen molar-refractivity contribution in [3.05, 3.63) is 76.2 Å². The maximum Gasteiger partial charge on any atom is 0.264 e. The number of nitrogens with one attached hydrogen (secondary N) is 1. The van der Waals surface area contributed by atoms with Crippen molar-refractivity contribution in [1.29, 1.82) is 0 Å². The summed E-state index contributed by atoms with van der Waals surface area (Å²) in [5.41, 5.74) is 6.47. The van der Waals surface area contributed by atoms with Crippen LogP contribution in [-0.2, 0) is 40.8 Å². The molecule has 2 aromatic heterocycles. The van der Waals surface area contributed by atoms with Gasteiger partial charge < -0.3 is 19.6 Å². The lowest BCUT2D eigenvalue weighted by Crippen LogP contribution is -2.54. The molecule has 0 bridgehead atoms. The molecule has 66 heavy (non-hydrogen) atoms. The molecule has 1 unspecified atom stereocenters. The van der Waals surface area contributed by atoms with Crippen molar-refractivity contribution in [2.45, 2.75) is 89.8 Å². The van der Waals surface area contributed by atoms with Crippen LogP contribution in [0.5, 0.6) is 0 Å².